The average Bonchev–Trinajstić information content (AvgIpc) is 3.16. The number of fused-ring (bicyclic) bond motifs is 2. The molecule has 2 heterocycles. The summed E-state index contributed by atoms with van der Waals surface area (Å²) in [6, 6.07) is 7.95. The molecule has 0 radical (unpaired) electrons. The van der Waals surface area contributed by atoms with Crippen LogP contribution in [0.2, 0.25) is 0 Å². The average molecular weight is 396 g/mol. The minimum Gasteiger partial charge on any atom is -0.361 e. The Morgan fingerprint density at radius 3 is 2.79 bits per heavy atom. The van der Waals surface area contributed by atoms with Crippen LogP contribution in [0.15, 0.2) is 38.7 Å². The molecule has 0 N–H and O–H groups in total. The van der Waals surface area contributed by atoms with Gasteiger partial charge in [0, 0.05) is 23.8 Å². The third-order valence-corrected chi connectivity index (χ3v) is 7.05. The van der Waals surface area contributed by atoms with Crippen molar-refractivity contribution in [2.24, 2.45) is 0 Å². The second-order valence-electron chi connectivity index (χ2n) is 7.91. The Kier molecular flexibility index (Phi) is 4.97. The van der Waals surface area contributed by atoms with E-state index in [1.165, 1.54) is 37.7 Å². The number of nitrogens with zero attached hydrogens (tertiary/aromatic N) is 3. The molecule has 0 amide bonds. The van der Waals surface area contributed by atoms with Gasteiger partial charge in [0.05, 0.1) is 16.6 Å². The third-order valence-electron chi connectivity index (χ3n) is 6.08. The highest BCUT2D eigenvalue weighted by Gasteiger charge is 2.24. The van der Waals surface area contributed by atoms with Crippen molar-refractivity contribution in [1.82, 2.24) is 14.7 Å². The van der Waals surface area contributed by atoms with Crippen LogP contribution in [0.25, 0.3) is 10.9 Å². The first-order chi connectivity index (χ1) is 13.8. The topological polar surface area (TPSA) is 60.9 Å². The molecule has 0 spiro atoms. The molecule has 5 nitrogen and oxygen atoms in total. The molecule has 0 bridgehead atoms. The predicted octanol–water partition coefficient (Wildman–Crippen LogP) is 5.06. The molecule has 5 rings (SSSR count). The first kappa shape index (κ1) is 18.0. The van der Waals surface area contributed by atoms with Crippen molar-refractivity contribution >= 4 is 22.7 Å². The number of benzene rings is 1. The van der Waals surface area contributed by atoms with Crippen LogP contribution in [0.1, 0.15) is 68.0 Å². The summed E-state index contributed by atoms with van der Waals surface area (Å²) in [4.78, 5) is 18.2. The molecule has 146 valence electrons. The number of para-hydroxylation sites is 1. The van der Waals surface area contributed by atoms with Gasteiger partial charge in [-0.3, -0.25) is 9.36 Å². The van der Waals surface area contributed by atoms with Crippen LogP contribution in [0, 0.1) is 0 Å². The summed E-state index contributed by atoms with van der Waals surface area (Å²) in [6.07, 6.45) is 10.2. The fraction of sp³-hybridized carbons (Fsp3) is 0.500. The second-order valence-corrected chi connectivity index (χ2v) is 8.85. The molecule has 0 aliphatic heterocycles. The van der Waals surface area contributed by atoms with Crippen molar-refractivity contribution < 1.29 is 4.52 Å². The number of aromatic nitrogens is 3. The zero-order chi connectivity index (χ0) is 18.9. The van der Waals surface area contributed by atoms with E-state index < -0.39 is 0 Å². The second kappa shape index (κ2) is 7.74. The standard InChI is InChI=1S/C22H25N3O2S/c26-21-17-11-4-6-12-18(17)23-22(25(21)15-8-2-1-3-9-15)28-14-19-16-10-5-7-13-20(16)27-24-19/h4,6,11-12,15H,1-3,5,7-10,13-14H2. The summed E-state index contributed by atoms with van der Waals surface area (Å²) in [5.41, 5.74) is 3.19. The fourth-order valence-corrected chi connectivity index (χ4v) is 5.61. The van der Waals surface area contributed by atoms with Crippen molar-refractivity contribution in [3.8, 4) is 0 Å². The zero-order valence-electron chi connectivity index (χ0n) is 16.0. The molecule has 1 aromatic carbocycles. The van der Waals surface area contributed by atoms with Gasteiger partial charge < -0.3 is 4.52 Å². The van der Waals surface area contributed by atoms with E-state index in [0.717, 1.165) is 53.2 Å². The molecule has 0 unspecified atom stereocenters. The molecule has 2 aliphatic rings. The Balaban J connectivity index is 1.52. The minimum absolute atomic E-state index is 0.0992. The van der Waals surface area contributed by atoms with Crippen molar-refractivity contribution in [2.45, 2.75) is 74.7 Å². The number of hydrogen-bond acceptors (Lipinski definition) is 5. The van der Waals surface area contributed by atoms with Crippen LogP contribution >= 0.6 is 11.8 Å². The van der Waals surface area contributed by atoms with Gasteiger partial charge >= 0.3 is 0 Å². The maximum absolute atomic E-state index is 13.3. The lowest BCUT2D eigenvalue weighted by Crippen LogP contribution is -2.29. The highest BCUT2D eigenvalue weighted by Crippen LogP contribution is 2.33. The van der Waals surface area contributed by atoms with Crippen LogP contribution in [-0.2, 0) is 18.6 Å². The van der Waals surface area contributed by atoms with Gasteiger partial charge in [-0.25, -0.2) is 4.98 Å². The Bertz CT molecular complexity index is 1050. The van der Waals surface area contributed by atoms with Crippen molar-refractivity contribution in [2.75, 3.05) is 0 Å². The summed E-state index contributed by atoms with van der Waals surface area (Å²) in [6.45, 7) is 0. The highest BCUT2D eigenvalue weighted by molar-refractivity contribution is 7.98. The van der Waals surface area contributed by atoms with E-state index in [2.05, 4.69) is 5.16 Å². The van der Waals surface area contributed by atoms with Gasteiger partial charge in [0.15, 0.2) is 5.16 Å². The summed E-state index contributed by atoms with van der Waals surface area (Å²) in [5.74, 6) is 1.76. The van der Waals surface area contributed by atoms with E-state index in [1.807, 2.05) is 28.8 Å². The number of thioether (sulfide) groups is 1. The molecule has 0 atom stereocenters. The summed E-state index contributed by atoms with van der Waals surface area (Å²) in [5, 5.41) is 5.87. The maximum atomic E-state index is 13.3. The Morgan fingerprint density at radius 2 is 1.89 bits per heavy atom. The van der Waals surface area contributed by atoms with Crippen LogP contribution in [-0.4, -0.2) is 14.7 Å². The van der Waals surface area contributed by atoms with E-state index in [9.17, 15) is 4.79 Å². The minimum atomic E-state index is 0.0992. The summed E-state index contributed by atoms with van der Waals surface area (Å²) < 4.78 is 7.53. The van der Waals surface area contributed by atoms with E-state index >= 15 is 0 Å². The van der Waals surface area contributed by atoms with Crippen LogP contribution < -0.4 is 5.56 Å². The summed E-state index contributed by atoms with van der Waals surface area (Å²) >= 11 is 1.63. The molecule has 0 saturated heterocycles. The van der Waals surface area contributed by atoms with E-state index in [4.69, 9.17) is 9.51 Å². The molecular formula is C22H25N3O2S. The quantitative estimate of drug-likeness (QED) is 0.456. The normalized spacial score (nSPS) is 17.7. The maximum Gasteiger partial charge on any atom is 0.262 e. The highest BCUT2D eigenvalue weighted by atomic mass is 32.2. The Hall–Kier alpha value is -2.08. The smallest absolute Gasteiger partial charge is 0.262 e. The Morgan fingerprint density at radius 1 is 1.07 bits per heavy atom. The molecule has 1 saturated carbocycles. The van der Waals surface area contributed by atoms with Crippen LogP contribution in [0.3, 0.4) is 0 Å². The SMILES string of the molecule is O=c1c2ccccc2nc(SCc2noc3c2CCCC3)n1C1CCCCC1. The number of rotatable bonds is 4. The van der Waals surface area contributed by atoms with Gasteiger partial charge in [0.2, 0.25) is 0 Å². The summed E-state index contributed by atoms with van der Waals surface area (Å²) in [7, 11) is 0. The fourth-order valence-electron chi connectivity index (χ4n) is 4.58. The van der Waals surface area contributed by atoms with Gasteiger partial charge in [-0.15, -0.1) is 0 Å². The van der Waals surface area contributed by atoms with Crippen molar-refractivity contribution in [3.63, 3.8) is 0 Å². The van der Waals surface area contributed by atoms with Gasteiger partial charge in [0.1, 0.15) is 5.76 Å². The zero-order valence-corrected chi connectivity index (χ0v) is 16.8. The van der Waals surface area contributed by atoms with Crippen molar-refractivity contribution in [1.29, 1.82) is 0 Å². The molecule has 6 heteroatoms. The predicted molar refractivity (Wildman–Crippen MR) is 111 cm³/mol. The molecular weight excluding hydrogens is 370 g/mol. The monoisotopic (exact) mass is 395 g/mol. The van der Waals surface area contributed by atoms with Crippen LogP contribution in [0.5, 0.6) is 0 Å². The lowest BCUT2D eigenvalue weighted by molar-refractivity contribution is 0.326. The molecule has 1 fully saturated rings. The number of aryl methyl sites for hydroxylation is 1. The largest absolute Gasteiger partial charge is 0.361 e. The first-order valence-corrected chi connectivity index (χ1v) is 11.4. The first-order valence-electron chi connectivity index (χ1n) is 10.4. The molecule has 2 aliphatic carbocycles. The molecule has 28 heavy (non-hydrogen) atoms. The lowest BCUT2D eigenvalue weighted by atomic mass is 9.95. The Labute approximate surface area is 168 Å². The van der Waals surface area contributed by atoms with E-state index in [1.54, 1.807) is 11.8 Å². The van der Waals surface area contributed by atoms with E-state index in [-0.39, 0.29) is 11.6 Å². The molecule has 3 aromatic rings. The lowest BCUT2D eigenvalue weighted by Gasteiger charge is -2.26. The van der Waals surface area contributed by atoms with Gasteiger partial charge in [0.25, 0.3) is 5.56 Å². The van der Waals surface area contributed by atoms with Crippen molar-refractivity contribution in [3.05, 3.63) is 51.6 Å². The number of hydrogen-bond donors (Lipinski definition) is 0. The van der Waals surface area contributed by atoms with Gasteiger partial charge in [-0.05, 0) is 44.2 Å². The van der Waals surface area contributed by atoms with E-state index in [0.29, 0.717) is 5.75 Å². The molecule has 2 aromatic heterocycles. The van der Waals surface area contributed by atoms with Gasteiger partial charge in [-0.1, -0.05) is 48.3 Å². The van der Waals surface area contributed by atoms with Crippen LogP contribution in [0.4, 0.5) is 0 Å². The van der Waals surface area contributed by atoms with Gasteiger partial charge in [-0.2, -0.15) is 0 Å². The third kappa shape index (κ3) is 3.28.